The van der Waals surface area contributed by atoms with Gasteiger partial charge in [-0.25, -0.2) is 0 Å². The van der Waals surface area contributed by atoms with E-state index in [0.29, 0.717) is 13.2 Å². The Labute approximate surface area is 110 Å². The van der Waals surface area contributed by atoms with Gasteiger partial charge in [0.25, 0.3) is 0 Å². The first-order chi connectivity index (χ1) is 8.78. The van der Waals surface area contributed by atoms with Crippen molar-refractivity contribution in [3.05, 3.63) is 18.0 Å². The molecule has 4 heteroatoms. The van der Waals surface area contributed by atoms with Crippen LogP contribution in [0.25, 0.3) is 0 Å². The van der Waals surface area contributed by atoms with E-state index >= 15 is 0 Å². The van der Waals surface area contributed by atoms with Crippen molar-refractivity contribution >= 4 is 0 Å². The van der Waals surface area contributed by atoms with Crippen LogP contribution in [0.2, 0.25) is 0 Å². The van der Waals surface area contributed by atoms with E-state index in [1.54, 1.807) is 0 Å². The first-order valence-electron chi connectivity index (χ1n) is 7.13. The highest BCUT2D eigenvalue weighted by Gasteiger charge is 2.30. The number of rotatable bonds is 5. The van der Waals surface area contributed by atoms with Gasteiger partial charge in [-0.1, -0.05) is 25.7 Å². The summed E-state index contributed by atoms with van der Waals surface area (Å²) in [6, 6.07) is 0. The van der Waals surface area contributed by atoms with Gasteiger partial charge >= 0.3 is 0 Å². The molecule has 0 amide bonds. The Morgan fingerprint density at radius 2 is 2.06 bits per heavy atom. The SMILES string of the molecule is CCn1cc(COC2(CN)CCCCCC2)cn1. The van der Waals surface area contributed by atoms with E-state index in [2.05, 4.69) is 18.2 Å². The van der Waals surface area contributed by atoms with Crippen molar-refractivity contribution in [1.82, 2.24) is 9.78 Å². The highest BCUT2D eigenvalue weighted by atomic mass is 16.5. The van der Waals surface area contributed by atoms with Crippen LogP contribution < -0.4 is 5.73 Å². The Morgan fingerprint density at radius 1 is 1.33 bits per heavy atom. The van der Waals surface area contributed by atoms with Gasteiger partial charge in [0.2, 0.25) is 0 Å². The minimum Gasteiger partial charge on any atom is -0.369 e. The minimum absolute atomic E-state index is 0.0924. The predicted octanol–water partition coefficient (Wildman–Crippen LogP) is 2.47. The van der Waals surface area contributed by atoms with Crippen LogP contribution >= 0.6 is 0 Å². The third-order valence-electron chi connectivity index (χ3n) is 3.94. The van der Waals surface area contributed by atoms with Crippen LogP contribution in [0.15, 0.2) is 12.4 Å². The van der Waals surface area contributed by atoms with Crippen LogP contribution in [0.3, 0.4) is 0 Å². The summed E-state index contributed by atoms with van der Waals surface area (Å²) in [4.78, 5) is 0. The van der Waals surface area contributed by atoms with Crippen LogP contribution in [0.1, 0.15) is 51.0 Å². The Hall–Kier alpha value is -0.870. The van der Waals surface area contributed by atoms with Gasteiger partial charge in [0.15, 0.2) is 0 Å². The van der Waals surface area contributed by atoms with E-state index in [9.17, 15) is 0 Å². The molecule has 1 aromatic rings. The summed E-state index contributed by atoms with van der Waals surface area (Å²) in [5.74, 6) is 0. The van der Waals surface area contributed by atoms with Gasteiger partial charge in [0.1, 0.15) is 0 Å². The van der Waals surface area contributed by atoms with Crippen LogP contribution in [-0.2, 0) is 17.9 Å². The summed E-state index contributed by atoms with van der Waals surface area (Å²) >= 11 is 0. The number of nitrogens with zero attached hydrogens (tertiary/aromatic N) is 2. The molecule has 0 atom stereocenters. The molecule has 1 aliphatic rings. The van der Waals surface area contributed by atoms with Gasteiger partial charge in [0.05, 0.1) is 18.4 Å². The molecule has 1 fully saturated rings. The van der Waals surface area contributed by atoms with Gasteiger partial charge in [-0.3, -0.25) is 4.68 Å². The molecule has 0 unspecified atom stereocenters. The van der Waals surface area contributed by atoms with Gasteiger partial charge in [-0.05, 0) is 19.8 Å². The fourth-order valence-electron chi connectivity index (χ4n) is 2.67. The average molecular weight is 251 g/mol. The van der Waals surface area contributed by atoms with E-state index < -0.39 is 0 Å². The molecule has 1 heterocycles. The number of hydrogen-bond acceptors (Lipinski definition) is 3. The van der Waals surface area contributed by atoms with Crippen molar-refractivity contribution in [1.29, 1.82) is 0 Å². The Bertz CT molecular complexity index is 354. The molecule has 102 valence electrons. The van der Waals surface area contributed by atoms with Gasteiger partial charge in [0, 0.05) is 24.8 Å². The normalized spacial score (nSPS) is 19.7. The first kappa shape index (κ1) is 13.6. The largest absolute Gasteiger partial charge is 0.369 e. The van der Waals surface area contributed by atoms with Crippen LogP contribution in [-0.4, -0.2) is 21.9 Å². The lowest BCUT2D eigenvalue weighted by Gasteiger charge is -2.31. The van der Waals surface area contributed by atoms with Crippen molar-refractivity contribution in [2.45, 2.75) is 64.2 Å². The van der Waals surface area contributed by atoms with E-state index in [1.807, 2.05) is 10.9 Å². The Kier molecular flexibility index (Phi) is 4.78. The van der Waals surface area contributed by atoms with Gasteiger partial charge < -0.3 is 10.5 Å². The van der Waals surface area contributed by atoms with Crippen molar-refractivity contribution in [2.24, 2.45) is 5.73 Å². The highest BCUT2D eigenvalue weighted by Crippen LogP contribution is 2.30. The van der Waals surface area contributed by atoms with Crippen molar-refractivity contribution in [3.8, 4) is 0 Å². The van der Waals surface area contributed by atoms with E-state index in [-0.39, 0.29) is 5.60 Å². The fourth-order valence-corrected chi connectivity index (χ4v) is 2.67. The summed E-state index contributed by atoms with van der Waals surface area (Å²) in [5, 5.41) is 4.27. The topological polar surface area (TPSA) is 53.1 Å². The van der Waals surface area contributed by atoms with E-state index in [0.717, 1.165) is 24.9 Å². The number of ether oxygens (including phenoxy) is 1. The van der Waals surface area contributed by atoms with Crippen LogP contribution in [0, 0.1) is 0 Å². The molecule has 0 aliphatic heterocycles. The highest BCUT2D eigenvalue weighted by molar-refractivity contribution is 5.02. The molecule has 2 rings (SSSR count). The molecule has 2 N–H and O–H groups in total. The molecule has 1 aliphatic carbocycles. The van der Waals surface area contributed by atoms with Crippen molar-refractivity contribution < 1.29 is 4.74 Å². The Balaban J connectivity index is 1.93. The maximum atomic E-state index is 6.17. The van der Waals surface area contributed by atoms with Gasteiger partial charge in [-0.15, -0.1) is 0 Å². The third-order valence-corrected chi connectivity index (χ3v) is 3.94. The second-order valence-electron chi connectivity index (χ2n) is 5.29. The van der Waals surface area contributed by atoms with Crippen LogP contribution in [0.4, 0.5) is 0 Å². The molecule has 0 radical (unpaired) electrons. The van der Waals surface area contributed by atoms with Gasteiger partial charge in [-0.2, -0.15) is 5.10 Å². The zero-order chi connectivity index (χ0) is 12.8. The first-order valence-corrected chi connectivity index (χ1v) is 7.13. The zero-order valence-electron chi connectivity index (χ0n) is 11.4. The molecular weight excluding hydrogens is 226 g/mol. The third kappa shape index (κ3) is 3.33. The quantitative estimate of drug-likeness (QED) is 0.818. The molecule has 0 saturated heterocycles. The predicted molar refractivity (Wildman–Crippen MR) is 72.2 cm³/mol. The number of aromatic nitrogens is 2. The number of aryl methyl sites for hydroxylation is 1. The Morgan fingerprint density at radius 3 is 2.61 bits per heavy atom. The monoisotopic (exact) mass is 251 g/mol. The summed E-state index contributed by atoms with van der Waals surface area (Å²) in [6.07, 6.45) is 11.3. The fraction of sp³-hybridized carbons (Fsp3) is 0.786. The summed E-state index contributed by atoms with van der Waals surface area (Å²) in [6.45, 7) is 4.26. The lowest BCUT2D eigenvalue weighted by Crippen LogP contribution is -2.40. The van der Waals surface area contributed by atoms with Crippen molar-refractivity contribution in [3.63, 3.8) is 0 Å². The van der Waals surface area contributed by atoms with Crippen molar-refractivity contribution in [2.75, 3.05) is 6.54 Å². The molecule has 1 aromatic heterocycles. The maximum Gasteiger partial charge on any atom is 0.0808 e. The zero-order valence-corrected chi connectivity index (χ0v) is 11.4. The molecule has 4 nitrogen and oxygen atoms in total. The smallest absolute Gasteiger partial charge is 0.0808 e. The molecular formula is C14H25N3O. The van der Waals surface area contributed by atoms with Crippen LogP contribution in [0.5, 0.6) is 0 Å². The molecule has 0 aromatic carbocycles. The second kappa shape index (κ2) is 6.34. The van der Waals surface area contributed by atoms with E-state index in [4.69, 9.17) is 10.5 Å². The maximum absolute atomic E-state index is 6.17. The molecule has 1 saturated carbocycles. The lowest BCUT2D eigenvalue weighted by atomic mass is 9.94. The summed E-state index contributed by atoms with van der Waals surface area (Å²) < 4.78 is 8.10. The van der Waals surface area contributed by atoms with E-state index in [1.165, 1.54) is 25.7 Å². The minimum atomic E-state index is -0.0924. The molecule has 18 heavy (non-hydrogen) atoms. The average Bonchev–Trinajstić information content (AvgIpc) is 2.74. The second-order valence-corrected chi connectivity index (χ2v) is 5.29. The lowest BCUT2D eigenvalue weighted by molar-refractivity contribution is -0.0602. The summed E-state index contributed by atoms with van der Waals surface area (Å²) in [7, 11) is 0. The standard InChI is InChI=1S/C14H25N3O/c1-2-17-10-13(9-16-17)11-18-14(12-15)7-5-3-4-6-8-14/h9-10H,2-8,11-12,15H2,1H3. The number of nitrogens with two attached hydrogens (primary N) is 1. The molecule has 0 bridgehead atoms. The molecule has 0 spiro atoms. The summed E-state index contributed by atoms with van der Waals surface area (Å²) in [5.41, 5.74) is 7.01. The number of hydrogen-bond donors (Lipinski definition) is 1.